The molecule has 0 aliphatic heterocycles. The molecular formula is C18H18O3. The van der Waals surface area contributed by atoms with Crippen molar-refractivity contribution in [3.8, 4) is 0 Å². The number of aliphatic hydroxyl groups excluding tert-OH is 1. The summed E-state index contributed by atoms with van der Waals surface area (Å²) in [6, 6.07) is 9.33. The summed E-state index contributed by atoms with van der Waals surface area (Å²) in [5.41, 5.74) is 0.506. The molecule has 0 bridgehead atoms. The Hall–Kier alpha value is -2.42. The van der Waals surface area contributed by atoms with Crippen molar-refractivity contribution in [1.82, 2.24) is 0 Å². The Balaban J connectivity index is 2.34. The van der Waals surface area contributed by atoms with Gasteiger partial charge in [-0.2, -0.15) is 0 Å². The first-order valence-electron chi connectivity index (χ1n) is 6.78. The highest BCUT2D eigenvalue weighted by Gasteiger charge is 2.37. The van der Waals surface area contributed by atoms with Crippen LogP contribution in [0.3, 0.4) is 0 Å². The summed E-state index contributed by atoms with van der Waals surface area (Å²) < 4.78 is 0. The van der Waals surface area contributed by atoms with E-state index in [2.05, 4.69) is 0 Å². The molecule has 1 aromatic rings. The van der Waals surface area contributed by atoms with Crippen molar-refractivity contribution < 1.29 is 14.7 Å². The second kappa shape index (κ2) is 5.52. The number of hydrogen-bond acceptors (Lipinski definition) is 3. The van der Waals surface area contributed by atoms with Gasteiger partial charge >= 0.3 is 0 Å². The highest BCUT2D eigenvalue weighted by molar-refractivity contribution is 6.27. The van der Waals surface area contributed by atoms with E-state index in [9.17, 15) is 14.7 Å². The van der Waals surface area contributed by atoms with Crippen LogP contribution < -0.4 is 0 Å². The van der Waals surface area contributed by atoms with E-state index in [1.807, 2.05) is 30.3 Å². The van der Waals surface area contributed by atoms with Gasteiger partial charge in [0.15, 0.2) is 11.6 Å². The molecule has 108 valence electrons. The fourth-order valence-electron chi connectivity index (χ4n) is 2.35. The van der Waals surface area contributed by atoms with Gasteiger partial charge in [0, 0.05) is 5.41 Å². The third-order valence-corrected chi connectivity index (χ3v) is 3.47. The van der Waals surface area contributed by atoms with E-state index < -0.39 is 11.2 Å². The van der Waals surface area contributed by atoms with Gasteiger partial charge in [0.25, 0.3) is 0 Å². The Morgan fingerprint density at radius 3 is 2.43 bits per heavy atom. The molecule has 3 heteroatoms. The Bertz CT molecular complexity index is 674. The predicted molar refractivity (Wildman–Crippen MR) is 82.7 cm³/mol. The van der Waals surface area contributed by atoms with E-state index in [4.69, 9.17) is 0 Å². The van der Waals surface area contributed by atoms with Gasteiger partial charge in [-0.15, -0.1) is 0 Å². The van der Waals surface area contributed by atoms with E-state index in [1.54, 1.807) is 32.9 Å². The summed E-state index contributed by atoms with van der Waals surface area (Å²) in [4.78, 5) is 24.6. The lowest BCUT2D eigenvalue weighted by Gasteiger charge is -2.26. The quantitative estimate of drug-likeness (QED) is 0.680. The number of allylic oxidation sites excluding steroid dienone is 4. The molecule has 0 fully saturated rings. The van der Waals surface area contributed by atoms with Crippen LogP contribution >= 0.6 is 0 Å². The van der Waals surface area contributed by atoms with Gasteiger partial charge in [-0.1, -0.05) is 42.5 Å². The van der Waals surface area contributed by atoms with Crippen molar-refractivity contribution in [3.05, 3.63) is 65.0 Å². The molecule has 0 radical (unpaired) electrons. The number of Topliss-reactive ketones (excluding diaryl/α,β-unsaturated/α-hetero) is 1. The first kappa shape index (κ1) is 15.0. The Kier molecular flexibility index (Phi) is 3.94. The molecule has 0 saturated heterocycles. The standard InChI is InChI=1S/C18H18O3/c1-12-11-18(2,3)17(21)15(16(12)20)14(19)10-9-13-7-5-4-6-8-13/h4-11,20H,1-3H3/b10-9+. The first-order valence-corrected chi connectivity index (χ1v) is 6.78. The van der Waals surface area contributed by atoms with Crippen molar-refractivity contribution in [2.24, 2.45) is 5.41 Å². The van der Waals surface area contributed by atoms with Crippen LogP contribution in [0.1, 0.15) is 26.3 Å². The van der Waals surface area contributed by atoms with Crippen LogP contribution in [-0.2, 0) is 9.59 Å². The molecular weight excluding hydrogens is 264 g/mol. The number of ketones is 2. The summed E-state index contributed by atoms with van der Waals surface area (Å²) >= 11 is 0. The molecule has 3 nitrogen and oxygen atoms in total. The zero-order chi connectivity index (χ0) is 15.6. The fraction of sp³-hybridized carbons (Fsp3) is 0.222. The molecule has 2 rings (SSSR count). The monoisotopic (exact) mass is 282 g/mol. The lowest BCUT2D eigenvalue weighted by atomic mass is 9.76. The predicted octanol–water partition coefficient (Wildman–Crippen LogP) is 3.64. The fourth-order valence-corrected chi connectivity index (χ4v) is 2.35. The van der Waals surface area contributed by atoms with Crippen molar-refractivity contribution >= 4 is 17.6 Å². The maximum absolute atomic E-state index is 12.3. The van der Waals surface area contributed by atoms with Crippen molar-refractivity contribution in [2.45, 2.75) is 20.8 Å². The maximum atomic E-state index is 12.3. The lowest BCUT2D eigenvalue weighted by molar-refractivity contribution is -0.124. The number of hydrogen-bond donors (Lipinski definition) is 1. The van der Waals surface area contributed by atoms with Gasteiger partial charge in [0.05, 0.1) is 0 Å². The topological polar surface area (TPSA) is 54.4 Å². The van der Waals surface area contributed by atoms with Gasteiger partial charge in [-0.3, -0.25) is 9.59 Å². The van der Waals surface area contributed by atoms with Crippen molar-refractivity contribution in [1.29, 1.82) is 0 Å². The summed E-state index contributed by atoms with van der Waals surface area (Å²) in [7, 11) is 0. The van der Waals surface area contributed by atoms with Gasteiger partial charge < -0.3 is 5.11 Å². The Labute approximate surface area is 124 Å². The van der Waals surface area contributed by atoms with Crippen LogP contribution in [-0.4, -0.2) is 16.7 Å². The van der Waals surface area contributed by atoms with Crippen LogP contribution in [0.15, 0.2) is 59.4 Å². The van der Waals surface area contributed by atoms with E-state index >= 15 is 0 Å². The molecule has 0 atom stereocenters. The molecule has 0 amide bonds. The van der Waals surface area contributed by atoms with E-state index in [-0.39, 0.29) is 17.1 Å². The molecule has 1 aromatic carbocycles. The van der Waals surface area contributed by atoms with Crippen LogP contribution in [0.25, 0.3) is 6.08 Å². The van der Waals surface area contributed by atoms with Crippen molar-refractivity contribution in [2.75, 3.05) is 0 Å². The SMILES string of the molecule is CC1=CC(C)(C)C(=O)C(C(=O)/C=C/c2ccccc2)=C1O. The Morgan fingerprint density at radius 1 is 1.19 bits per heavy atom. The number of benzene rings is 1. The first-order chi connectivity index (χ1) is 9.83. The van der Waals surface area contributed by atoms with Gasteiger partial charge in [0.2, 0.25) is 0 Å². The van der Waals surface area contributed by atoms with Crippen molar-refractivity contribution in [3.63, 3.8) is 0 Å². The zero-order valence-electron chi connectivity index (χ0n) is 12.4. The molecule has 21 heavy (non-hydrogen) atoms. The summed E-state index contributed by atoms with van der Waals surface area (Å²) in [5, 5.41) is 10.0. The van der Waals surface area contributed by atoms with Crippen LogP contribution in [0, 0.1) is 5.41 Å². The molecule has 0 heterocycles. The molecule has 0 spiro atoms. The average Bonchev–Trinajstić information content (AvgIpc) is 2.44. The third-order valence-electron chi connectivity index (χ3n) is 3.47. The van der Waals surface area contributed by atoms with Crippen LogP contribution in [0.4, 0.5) is 0 Å². The number of aliphatic hydroxyl groups is 1. The normalized spacial score (nSPS) is 18.0. The smallest absolute Gasteiger partial charge is 0.193 e. The largest absolute Gasteiger partial charge is 0.507 e. The van der Waals surface area contributed by atoms with E-state index in [0.717, 1.165) is 5.56 Å². The molecule has 1 aliphatic carbocycles. The molecule has 1 aliphatic rings. The molecule has 0 unspecified atom stereocenters. The minimum atomic E-state index is -0.776. The minimum Gasteiger partial charge on any atom is -0.507 e. The second-order valence-electron chi connectivity index (χ2n) is 5.71. The second-order valence-corrected chi connectivity index (χ2v) is 5.71. The van der Waals surface area contributed by atoms with Gasteiger partial charge in [0.1, 0.15) is 11.3 Å². The Morgan fingerprint density at radius 2 is 1.81 bits per heavy atom. The van der Waals surface area contributed by atoms with Gasteiger partial charge in [-0.25, -0.2) is 0 Å². The third kappa shape index (κ3) is 3.02. The maximum Gasteiger partial charge on any atom is 0.193 e. The number of carbonyl (C=O) groups is 2. The summed E-state index contributed by atoms with van der Waals surface area (Å²) in [5.74, 6) is -1.04. The highest BCUT2D eigenvalue weighted by atomic mass is 16.3. The summed E-state index contributed by atoms with van der Waals surface area (Å²) in [6.45, 7) is 5.16. The van der Waals surface area contributed by atoms with Gasteiger partial charge in [-0.05, 0) is 38.0 Å². The molecule has 1 N–H and O–H groups in total. The zero-order valence-corrected chi connectivity index (χ0v) is 12.4. The molecule has 0 aromatic heterocycles. The molecule has 0 saturated carbocycles. The van der Waals surface area contributed by atoms with E-state index in [0.29, 0.717) is 5.57 Å². The highest BCUT2D eigenvalue weighted by Crippen LogP contribution is 2.33. The minimum absolute atomic E-state index is 0.132. The van der Waals surface area contributed by atoms with Crippen LogP contribution in [0.5, 0.6) is 0 Å². The summed E-state index contributed by atoms with van der Waals surface area (Å²) in [6.07, 6.45) is 4.65. The average molecular weight is 282 g/mol. The number of rotatable bonds is 3. The number of carbonyl (C=O) groups excluding carboxylic acids is 2. The lowest BCUT2D eigenvalue weighted by Crippen LogP contribution is -2.31. The van der Waals surface area contributed by atoms with Crippen LogP contribution in [0.2, 0.25) is 0 Å². The van der Waals surface area contributed by atoms with E-state index in [1.165, 1.54) is 6.08 Å².